The standard InChI is InChI=1S/C24H23N7O4/c1-10-20(11(2)35-30-10)15-7-17-14(8-18(15)34-4)21-22(27-17)25-12(3)26-23(21)28-19-9-16(13-5-6-13)29-31(19)24(32)33/h7-9,13H,5-6H2,1-4H3,(H,32,33)(H2,25,26,27,28). The van der Waals surface area contributed by atoms with Crippen LogP contribution in [0.2, 0.25) is 0 Å². The Bertz CT molecular complexity index is 1620. The molecule has 11 nitrogen and oxygen atoms in total. The van der Waals surface area contributed by atoms with Crippen LogP contribution in [0.5, 0.6) is 5.75 Å². The van der Waals surface area contributed by atoms with Gasteiger partial charge in [0.25, 0.3) is 0 Å². The number of ether oxygens (including phenoxy) is 1. The Hall–Kier alpha value is -4.41. The van der Waals surface area contributed by atoms with Gasteiger partial charge >= 0.3 is 6.09 Å². The van der Waals surface area contributed by atoms with Gasteiger partial charge in [-0.25, -0.2) is 14.8 Å². The van der Waals surface area contributed by atoms with Crippen LogP contribution in [0.15, 0.2) is 22.7 Å². The number of rotatable bonds is 5. The highest BCUT2D eigenvalue weighted by atomic mass is 16.5. The summed E-state index contributed by atoms with van der Waals surface area (Å²) >= 11 is 0. The molecule has 11 heteroatoms. The number of hydrogen-bond acceptors (Lipinski definition) is 8. The molecule has 0 atom stereocenters. The maximum Gasteiger partial charge on any atom is 0.434 e. The van der Waals surface area contributed by atoms with Gasteiger partial charge in [0.1, 0.15) is 34.6 Å². The number of methoxy groups -OCH3 is 1. The molecule has 1 saturated carbocycles. The molecule has 0 spiro atoms. The van der Waals surface area contributed by atoms with Gasteiger partial charge in [0, 0.05) is 28.5 Å². The third-order valence-corrected chi connectivity index (χ3v) is 6.34. The summed E-state index contributed by atoms with van der Waals surface area (Å²) in [7, 11) is 1.61. The molecule has 35 heavy (non-hydrogen) atoms. The summed E-state index contributed by atoms with van der Waals surface area (Å²) in [5, 5.41) is 22.8. The van der Waals surface area contributed by atoms with Crippen molar-refractivity contribution in [2.45, 2.75) is 39.5 Å². The fourth-order valence-electron chi connectivity index (χ4n) is 4.59. The second kappa shape index (κ2) is 7.55. The van der Waals surface area contributed by atoms with Crippen LogP contribution in [0.1, 0.15) is 41.7 Å². The van der Waals surface area contributed by atoms with Crippen LogP contribution < -0.4 is 10.1 Å². The summed E-state index contributed by atoms with van der Waals surface area (Å²) in [5.74, 6) is 3.01. The van der Waals surface area contributed by atoms with Crippen LogP contribution in [0, 0.1) is 20.8 Å². The van der Waals surface area contributed by atoms with E-state index >= 15 is 0 Å². The van der Waals surface area contributed by atoms with E-state index in [1.807, 2.05) is 26.0 Å². The van der Waals surface area contributed by atoms with E-state index in [4.69, 9.17) is 9.26 Å². The Morgan fingerprint density at radius 2 is 2.03 bits per heavy atom. The van der Waals surface area contributed by atoms with E-state index in [2.05, 4.69) is 30.5 Å². The number of fused-ring (bicyclic) bond motifs is 3. The molecular formula is C24H23N7O4. The molecule has 6 rings (SSSR count). The number of aromatic amines is 1. The molecule has 178 valence electrons. The van der Waals surface area contributed by atoms with Crippen LogP contribution in [-0.2, 0) is 0 Å². The third-order valence-electron chi connectivity index (χ3n) is 6.34. The SMILES string of the molecule is COc1cc2c(cc1-c1c(C)noc1C)[nH]c1nc(C)nc(Nc3cc(C4CC4)nn3C(=O)O)c12. The number of aryl methyl sites for hydroxylation is 3. The highest BCUT2D eigenvalue weighted by Crippen LogP contribution is 2.42. The lowest BCUT2D eigenvalue weighted by atomic mass is 10.0. The minimum atomic E-state index is -1.16. The monoisotopic (exact) mass is 473 g/mol. The Kier molecular flexibility index (Phi) is 4.56. The number of anilines is 2. The summed E-state index contributed by atoms with van der Waals surface area (Å²) < 4.78 is 12.1. The van der Waals surface area contributed by atoms with Gasteiger partial charge in [-0.3, -0.25) is 0 Å². The number of hydrogen-bond donors (Lipinski definition) is 3. The average Bonchev–Trinajstić information content (AvgIpc) is 3.36. The van der Waals surface area contributed by atoms with E-state index in [0.29, 0.717) is 40.5 Å². The normalized spacial score (nSPS) is 13.6. The number of carboxylic acid groups (broad SMARTS) is 1. The van der Waals surface area contributed by atoms with E-state index in [9.17, 15) is 9.90 Å². The molecule has 0 saturated heterocycles. The fraction of sp³-hybridized carbons (Fsp3) is 0.292. The van der Waals surface area contributed by atoms with Crippen molar-refractivity contribution in [1.29, 1.82) is 0 Å². The molecule has 0 unspecified atom stereocenters. The Morgan fingerprint density at radius 1 is 1.23 bits per heavy atom. The van der Waals surface area contributed by atoms with Crippen LogP contribution in [-0.4, -0.2) is 48.2 Å². The van der Waals surface area contributed by atoms with E-state index < -0.39 is 6.09 Å². The first-order chi connectivity index (χ1) is 16.8. The van der Waals surface area contributed by atoms with Crippen LogP contribution >= 0.6 is 0 Å². The number of aromatic nitrogens is 6. The Labute approximate surface area is 199 Å². The van der Waals surface area contributed by atoms with Crippen molar-refractivity contribution in [3.63, 3.8) is 0 Å². The largest absolute Gasteiger partial charge is 0.496 e. The van der Waals surface area contributed by atoms with Crippen LogP contribution in [0.4, 0.5) is 16.4 Å². The molecule has 0 bridgehead atoms. The number of benzene rings is 1. The van der Waals surface area contributed by atoms with Gasteiger partial charge in [-0.2, -0.15) is 5.10 Å². The highest BCUT2D eigenvalue weighted by Gasteiger charge is 2.29. The predicted molar refractivity (Wildman–Crippen MR) is 129 cm³/mol. The number of H-pyrrole nitrogens is 1. The summed E-state index contributed by atoms with van der Waals surface area (Å²) in [6, 6.07) is 5.68. The van der Waals surface area contributed by atoms with Crippen LogP contribution in [0.25, 0.3) is 33.1 Å². The second-order valence-electron chi connectivity index (χ2n) is 8.81. The minimum absolute atomic E-state index is 0.309. The van der Waals surface area contributed by atoms with Gasteiger partial charge in [-0.05, 0) is 45.7 Å². The second-order valence-corrected chi connectivity index (χ2v) is 8.81. The predicted octanol–water partition coefficient (Wildman–Crippen LogP) is 5.04. The summed E-state index contributed by atoms with van der Waals surface area (Å²) in [6.07, 6.45) is 0.872. The molecule has 4 heterocycles. The van der Waals surface area contributed by atoms with E-state index in [0.717, 1.165) is 56.3 Å². The number of nitrogens with one attached hydrogen (secondary N) is 2. The summed E-state index contributed by atoms with van der Waals surface area (Å²) in [6.45, 7) is 5.54. The molecule has 1 aromatic carbocycles. The molecule has 0 amide bonds. The zero-order valence-electron chi connectivity index (χ0n) is 19.6. The van der Waals surface area contributed by atoms with Gasteiger partial charge < -0.3 is 24.7 Å². The van der Waals surface area contributed by atoms with Crippen LogP contribution in [0.3, 0.4) is 0 Å². The van der Waals surface area contributed by atoms with Gasteiger partial charge in [0.05, 0.1) is 29.4 Å². The number of nitrogens with zero attached hydrogens (tertiary/aromatic N) is 5. The van der Waals surface area contributed by atoms with Gasteiger partial charge in [0.2, 0.25) is 0 Å². The summed E-state index contributed by atoms with van der Waals surface area (Å²) in [4.78, 5) is 24.4. The first-order valence-electron chi connectivity index (χ1n) is 11.3. The lowest BCUT2D eigenvalue weighted by molar-refractivity contribution is 0.193. The van der Waals surface area contributed by atoms with Crippen molar-refractivity contribution in [3.8, 4) is 16.9 Å². The smallest absolute Gasteiger partial charge is 0.434 e. The Balaban J connectivity index is 1.55. The fourth-order valence-corrected chi connectivity index (χ4v) is 4.59. The maximum atomic E-state index is 11.8. The molecule has 4 aromatic heterocycles. The lowest BCUT2D eigenvalue weighted by Gasteiger charge is -2.10. The molecule has 3 N–H and O–H groups in total. The number of carbonyl (C=O) groups is 1. The van der Waals surface area contributed by atoms with Crippen molar-refractivity contribution in [1.82, 2.24) is 29.9 Å². The minimum Gasteiger partial charge on any atom is -0.496 e. The third kappa shape index (κ3) is 3.38. The molecule has 1 fully saturated rings. The lowest BCUT2D eigenvalue weighted by Crippen LogP contribution is -2.13. The van der Waals surface area contributed by atoms with E-state index in [1.165, 1.54) is 0 Å². The molecule has 1 aliphatic rings. The first-order valence-corrected chi connectivity index (χ1v) is 11.3. The Morgan fingerprint density at radius 3 is 2.69 bits per heavy atom. The topological polar surface area (TPSA) is 144 Å². The molecule has 0 aliphatic heterocycles. The van der Waals surface area contributed by atoms with Gasteiger partial charge in [0.15, 0.2) is 0 Å². The zero-order chi connectivity index (χ0) is 24.4. The first kappa shape index (κ1) is 21.1. The van der Waals surface area contributed by atoms with Gasteiger partial charge in [-0.15, -0.1) is 4.68 Å². The zero-order valence-corrected chi connectivity index (χ0v) is 19.6. The van der Waals surface area contributed by atoms with E-state index in [1.54, 1.807) is 20.1 Å². The van der Waals surface area contributed by atoms with Crippen molar-refractivity contribution >= 4 is 39.7 Å². The summed E-state index contributed by atoms with van der Waals surface area (Å²) in [5.41, 5.74) is 4.70. The quantitative estimate of drug-likeness (QED) is 0.319. The van der Waals surface area contributed by atoms with Gasteiger partial charge in [-0.1, -0.05) is 5.16 Å². The maximum absolute atomic E-state index is 11.8. The van der Waals surface area contributed by atoms with Crippen molar-refractivity contribution in [3.05, 3.63) is 41.2 Å². The van der Waals surface area contributed by atoms with Crippen molar-refractivity contribution in [2.75, 3.05) is 12.4 Å². The van der Waals surface area contributed by atoms with E-state index in [-0.39, 0.29) is 0 Å². The average molecular weight is 473 g/mol. The molecule has 1 aliphatic carbocycles. The highest BCUT2D eigenvalue weighted by molar-refractivity contribution is 6.13. The van der Waals surface area contributed by atoms with Crippen molar-refractivity contribution < 1.29 is 19.2 Å². The molecular weight excluding hydrogens is 450 g/mol. The molecule has 0 radical (unpaired) electrons. The molecule has 5 aromatic rings. The van der Waals surface area contributed by atoms with Crippen molar-refractivity contribution in [2.24, 2.45) is 0 Å².